The first-order valence-corrected chi connectivity index (χ1v) is 12.9. The van der Waals surface area contributed by atoms with Crippen molar-refractivity contribution in [2.75, 3.05) is 39.3 Å². The monoisotopic (exact) mass is 487 g/mol. The Hall–Kier alpha value is -3.20. The number of aromatic nitrogens is 2. The summed E-state index contributed by atoms with van der Waals surface area (Å²) in [5.74, 6) is 0.767. The molecule has 2 aromatic heterocycles. The van der Waals surface area contributed by atoms with Crippen LogP contribution in [0.5, 0.6) is 0 Å². The second-order valence-electron chi connectivity index (χ2n) is 8.59. The van der Waals surface area contributed by atoms with E-state index in [1.807, 2.05) is 24.3 Å². The number of rotatable bonds is 9. The van der Waals surface area contributed by atoms with Crippen LogP contribution in [0.1, 0.15) is 21.7 Å². The predicted octanol–water partition coefficient (Wildman–Crippen LogP) is 4.06. The van der Waals surface area contributed by atoms with Gasteiger partial charge in [0.1, 0.15) is 5.58 Å². The molecule has 0 bridgehead atoms. The van der Waals surface area contributed by atoms with Crippen LogP contribution in [0.15, 0.2) is 82.6 Å². The quantitative estimate of drug-likeness (QED) is 0.282. The molecule has 3 heterocycles. The van der Waals surface area contributed by atoms with Crippen molar-refractivity contribution in [2.24, 2.45) is 0 Å². The number of fused-ring (bicyclic) bond motifs is 1. The molecule has 8 heteroatoms. The molecule has 1 aliphatic rings. The van der Waals surface area contributed by atoms with Crippen molar-refractivity contribution in [3.05, 3.63) is 89.9 Å². The van der Waals surface area contributed by atoms with E-state index in [-0.39, 0.29) is 5.91 Å². The number of hydrogen-bond acceptors (Lipinski definition) is 7. The molecule has 0 radical (unpaired) electrons. The Bertz CT molecular complexity index is 1240. The number of amides is 1. The van der Waals surface area contributed by atoms with Crippen LogP contribution >= 0.6 is 11.8 Å². The molecule has 1 amide bonds. The highest BCUT2D eigenvalue weighted by molar-refractivity contribution is 7.98. The minimum atomic E-state index is -0.173. The van der Waals surface area contributed by atoms with Gasteiger partial charge in [0, 0.05) is 74.9 Å². The van der Waals surface area contributed by atoms with Crippen molar-refractivity contribution in [2.45, 2.75) is 17.5 Å². The molecule has 1 saturated heterocycles. The smallest absolute Gasteiger partial charge is 0.287 e. The Balaban J connectivity index is 1.14. The zero-order chi connectivity index (χ0) is 23.9. The van der Waals surface area contributed by atoms with Gasteiger partial charge < -0.3 is 9.73 Å². The number of para-hydroxylation sites is 1. The standard InChI is InChI=1S/C27H29N5O2S/c33-26(28-13-14-31-15-17-32(18-16-31)19-21-7-2-1-3-8-21)25-23(20-35-27-29-11-6-12-30-27)22-9-4-5-10-24(22)34-25/h1-12H,13-20H2,(H,28,33). The molecule has 35 heavy (non-hydrogen) atoms. The lowest BCUT2D eigenvalue weighted by molar-refractivity contribution is 0.0908. The SMILES string of the molecule is O=C(NCCN1CCN(Cc2ccccc2)CC1)c1oc2ccccc2c1CSc1ncccn1. The maximum absolute atomic E-state index is 13.1. The fourth-order valence-corrected chi connectivity index (χ4v) is 5.17. The van der Waals surface area contributed by atoms with Crippen LogP contribution in [0, 0.1) is 0 Å². The molecule has 0 saturated carbocycles. The number of nitrogens with one attached hydrogen (secondary N) is 1. The normalized spacial score (nSPS) is 14.9. The summed E-state index contributed by atoms with van der Waals surface area (Å²) in [7, 11) is 0. The molecule has 4 aromatic rings. The molecule has 7 nitrogen and oxygen atoms in total. The summed E-state index contributed by atoms with van der Waals surface area (Å²) in [4.78, 5) is 26.5. The van der Waals surface area contributed by atoms with E-state index in [0.717, 1.165) is 55.8 Å². The van der Waals surface area contributed by atoms with Crippen LogP contribution < -0.4 is 5.32 Å². The predicted molar refractivity (Wildman–Crippen MR) is 138 cm³/mol. The molecule has 0 atom stereocenters. The average Bonchev–Trinajstić information content (AvgIpc) is 3.28. The van der Waals surface area contributed by atoms with Gasteiger partial charge >= 0.3 is 0 Å². The molecular weight excluding hydrogens is 458 g/mol. The van der Waals surface area contributed by atoms with Crippen molar-refractivity contribution in [3.63, 3.8) is 0 Å². The van der Waals surface area contributed by atoms with Crippen molar-refractivity contribution in [1.29, 1.82) is 0 Å². The van der Waals surface area contributed by atoms with Gasteiger partial charge in [0.15, 0.2) is 10.9 Å². The van der Waals surface area contributed by atoms with E-state index < -0.39 is 0 Å². The van der Waals surface area contributed by atoms with Crippen LogP contribution in [-0.2, 0) is 12.3 Å². The number of nitrogens with zero attached hydrogens (tertiary/aromatic N) is 4. The highest BCUT2D eigenvalue weighted by Gasteiger charge is 2.22. The summed E-state index contributed by atoms with van der Waals surface area (Å²) in [5.41, 5.74) is 2.95. The molecule has 5 rings (SSSR count). The molecule has 1 fully saturated rings. The van der Waals surface area contributed by atoms with Crippen LogP contribution in [0.25, 0.3) is 11.0 Å². The number of furan rings is 1. The lowest BCUT2D eigenvalue weighted by Gasteiger charge is -2.34. The molecule has 180 valence electrons. The molecule has 0 spiro atoms. The Labute approximate surface area is 209 Å². The summed E-state index contributed by atoms with van der Waals surface area (Å²) in [6.07, 6.45) is 3.44. The van der Waals surface area contributed by atoms with E-state index in [2.05, 4.69) is 55.4 Å². The molecule has 2 aromatic carbocycles. The van der Waals surface area contributed by atoms with Crippen LogP contribution in [0.3, 0.4) is 0 Å². The highest BCUT2D eigenvalue weighted by atomic mass is 32.2. The molecule has 1 N–H and O–H groups in total. The van der Waals surface area contributed by atoms with Crippen molar-refractivity contribution < 1.29 is 9.21 Å². The molecular formula is C27H29N5O2S. The van der Waals surface area contributed by atoms with Crippen LogP contribution in [0.2, 0.25) is 0 Å². The summed E-state index contributed by atoms with van der Waals surface area (Å²) < 4.78 is 5.98. The Morgan fingerprint density at radius 3 is 2.43 bits per heavy atom. The van der Waals surface area contributed by atoms with E-state index >= 15 is 0 Å². The Kier molecular flexibility index (Phi) is 7.72. The molecule has 0 unspecified atom stereocenters. The molecule has 0 aliphatic carbocycles. The third kappa shape index (κ3) is 6.08. The largest absolute Gasteiger partial charge is 0.451 e. The van der Waals surface area contributed by atoms with Gasteiger partial charge in [0.05, 0.1) is 0 Å². The number of carbonyl (C=O) groups is 1. The maximum atomic E-state index is 13.1. The maximum Gasteiger partial charge on any atom is 0.287 e. The van der Waals surface area contributed by atoms with Gasteiger partial charge in [-0.1, -0.05) is 60.3 Å². The first kappa shape index (κ1) is 23.5. The lowest BCUT2D eigenvalue weighted by Crippen LogP contribution is -2.48. The topological polar surface area (TPSA) is 74.5 Å². The van der Waals surface area contributed by atoms with E-state index in [1.54, 1.807) is 18.5 Å². The van der Waals surface area contributed by atoms with Gasteiger partial charge in [0.25, 0.3) is 5.91 Å². The van der Waals surface area contributed by atoms with Gasteiger partial charge in [0.2, 0.25) is 0 Å². The van der Waals surface area contributed by atoms with Gasteiger partial charge in [-0.05, 0) is 17.7 Å². The van der Waals surface area contributed by atoms with Gasteiger partial charge in [-0.2, -0.15) is 0 Å². The lowest BCUT2D eigenvalue weighted by atomic mass is 10.1. The second-order valence-corrected chi connectivity index (χ2v) is 9.53. The van der Waals surface area contributed by atoms with E-state index in [1.165, 1.54) is 17.3 Å². The van der Waals surface area contributed by atoms with Crippen LogP contribution in [0.4, 0.5) is 0 Å². The number of carbonyl (C=O) groups excluding carboxylic acids is 1. The van der Waals surface area contributed by atoms with Crippen LogP contribution in [-0.4, -0.2) is 64.9 Å². The summed E-state index contributed by atoms with van der Waals surface area (Å²) in [6, 6.07) is 20.2. The second kappa shape index (κ2) is 11.5. The van der Waals surface area contributed by atoms with Gasteiger partial charge in [-0.25, -0.2) is 9.97 Å². The zero-order valence-electron chi connectivity index (χ0n) is 19.6. The number of piperazine rings is 1. The summed E-state index contributed by atoms with van der Waals surface area (Å²) in [6.45, 7) is 6.49. The Morgan fingerprint density at radius 1 is 0.914 bits per heavy atom. The van der Waals surface area contributed by atoms with Gasteiger partial charge in [-0.15, -0.1) is 0 Å². The van der Waals surface area contributed by atoms with Crippen molar-refractivity contribution in [3.8, 4) is 0 Å². The zero-order valence-corrected chi connectivity index (χ0v) is 20.4. The van der Waals surface area contributed by atoms with Crippen molar-refractivity contribution in [1.82, 2.24) is 25.1 Å². The first-order chi connectivity index (χ1) is 17.3. The van der Waals surface area contributed by atoms with Crippen molar-refractivity contribution >= 4 is 28.6 Å². The fraction of sp³-hybridized carbons (Fsp3) is 0.296. The number of thioether (sulfide) groups is 1. The fourth-order valence-electron chi connectivity index (χ4n) is 4.34. The third-order valence-corrected chi connectivity index (χ3v) is 7.12. The van der Waals surface area contributed by atoms with E-state index in [4.69, 9.17) is 4.42 Å². The highest BCUT2D eigenvalue weighted by Crippen LogP contribution is 2.31. The van der Waals surface area contributed by atoms with Gasteiger partial charge in [-0.3, -0.25) is 14.6 Å². The average molecular weight is 488 g/mol. The number of benzene rings is 2. The van der Waals surface area contributed by atoms with E-state index in [9.17, 15) is 4.79 Å². The first-order valence-electron chi connectivity index (χ1n) is 11.9. The Morgan fingerprint density at radius 2 is 1.63 bits per heavy atom. The third-order valence-electron chi connectivity index (χ3n) is 6.22. The number of hydrogen-bond donors (Lipinski definition) is 1. The minimum absolute atomic E-state index is 0.173. The molecule has 1 aliphatic heterocycles. The summed E-state index contributed by atoms with van der Waals surface area (Å²) >= 11 is 1.50. The summed E-state index contributed by atoms with van der Waals surface area (Å²) in [5, 5.41) is 4.70. The van der Waals surface area contributed by atoms with E-state index in [0.29, 0.717) is 23.2 Å². The minimum Gasteiger partial charge on any atom is -0.451 e.